The van der Waals surface area contributed by atoms with Gasteiger partial charge in [0.1, 0.15) is 23.2 Å². The van der Waals surface area contributed by atoms with Crippen LogP contribution in [0.25, 0.3) is 11.3 Å². The van der Waals surface area contributed by atoms with Gasteiger partial charge in [0.15, 0.2) is 0 Å². The van der Waals surface area contributed by atoms with Gasteiger partial charge in [-0.1, -0.05) is 71.8 Å². The number of halogens is 1. The largest absolute Gasteiger partial charge is 0.487 e. The van der Waals surface area contributed by atoms with Gasteiger partial charge in [-0.15, -0.1) is 0 Å². The van der Waals surface area contributed by atoms with Crippen molar-refractivity contribution in [3.8, 4) is 17.0 Å². The van der Waals surface area contributed by atoms with Gasteiger partial charge in [-0.3, -0.25) is 0 Å². The van der Waals surface area contributed by atoms with Crippen LogP contribution in [-0.2, 0) is 6.61 Å². The topological polar surface area (TPSA) is 22.1 Å². The molecule has 0 bridgehead atoms. The first-order chi connectivity index (χ1) is 10.7. The summed E-state index contributed by atoms with van der Waals surface area (Å²) in [5.41, 5.74) is 4.09. The minimum atomic E-state index is 0.461. The standard InChI is InChI=1S/C19H16ClNO/c1-14-7-9-16(10-8-14)19-17(11-12-18(20)21-19)22-13-15-5-3-2-4-6-15/h2-12H,13H2,1H3. The molecule has 0 aliphatic heterocycles. The van der Waals surface area contributed by atoms with Crippen LogP contribution >= 0.6 is 11.6 Å². The van der Waals surface area contributed by atoms with Crippen LogP contribution in [0.1, 0.15) is 11.1 Å². The van der Waals surface area contributed by atoms with E-state index in [-0.39, 0.29) is 0 Å². The SMILES string of the molecule is Cc1ccc(-c2nc(Cl)ccc2OCc2ccccc2)cc1. The van der Waals surface area contributed by atoms with Crippen LogP contribution in [0.15, 0.2) is 66.7 Å². The van der Waals surface area contributed by atoms with Crippen molar-refractivity contribution in [1.82, 2.24) is 4.98 Å². The van der Waals surface area contributed by atoms with E-state index in [0.717, 1.165) is 22.6 Å². The first-order valence-corrected chi connectivity index (χ1v) is 7.50. The van der Waals surface area contributed by atoms with E-state index < -0.39 is 0 Å². The van der Waals surface area contributed by atoms with E-state index in [4.69, 9.17) is 16.3 Å². The summed E-state index contributed by atoms with van der Waals surface area (Å²) < 4.78 is 5.94. The van der Waals surface area contributed by atoms with Gasteiger partial charge in [0.05, 0.1) is 0 Å². The molecule has 0 fully saturated rings. The number of hydrogen-bond donors (Lipinski definition) is 0. The second kappa shape index (κ2) is 6.63. The van der Waals surface area contributed by atoms with Crippen molar-refractivity contribution in [3.05, 3.63) is 83.0 Å². The molecule has 0 radical (unpaired) electrons. The maximum absolute atomic E-state index is 6.05. The highest BCUT2D eigenvalue weighted by Gasteiger charge is 2.09. The van der Waals surface area contributed by atoms with Gasteiger partial charge in [0, 0.05) is 5.56 Å². The van der Waals surface area contributed by atoms with Gasteiger partial charge >= 0.3 is 0 Å². The van der Waals surface area contributed by atoms with Gasteiger partial charge in [-0.05, 0) is 24.6 Å². The average Bonchev–Trinajstić information content (AvgIpc) is 2.55. The van der Waals surface area contributed by atoms with Crippen molar-refractivity contribution in [2.24, 2.45) is 0 Å². The zero-order valence-corrected chi connectivity index (χ0v) is 13.0. The number of ether oxygens (including phenoxy) is 1. The van der Waals surface area contributed by atoms with Crippen molar-refractivity contribution >= 4 is 11.6 Å². The van der Waals surface area contributed by atoms with E-state index in [9.17, 15) is 0 Å². The molecule has 0 aliphatic rings. The number of nitrogens with zero attached hydrogens (tertiary/aromatic N) is 1. The lowest BCUT2D eigenvalue weighted by molar-refractivity contribution is 0.306. The number of aromatic nitrogens is 1. The smallest absolute Gasteiger partial charge is 0.146 e. The minimum absolute atomic E-state index is 0.461. The molecule has 0 saturated heterocycles. The molecule has 0 amide bonds. The Hall–Kier alpha value is -2.32. The Morgan fingerprint density at radius 2 is 1.64 bits per heavy atom. The van der Waals surface area contributed by atoms with E-state index in [1.54, 1.807) is 6.07 Å². The zero-order chi connectivity index (χ0) is 15.4. The third-order valence-electron chi connectivity index (χ3n) is 3.39. The average molecular weight is 310 g/mol. The number of aryl methyl sites for hydroxylation is 1. The molecule has 0 aliphatic carbocycles. The molecule has 2 aromatic carbocycles. The fourth-order valence-electron chi connectivity index (χ4n) is 2.19. The molecule has 0 saturated carbocycles. The summed E-state index contributed by atoms with van der Waals surface area (Å²) in [7, 11) is 0. The molecule has 0 atom stereocenters. The summed E-state index contributed by atoms with van der Waals surface area (Å²) in [6.45, 7) is 2.56. The second-order valence-electron chi connectivity index (χ2n) is 5.12. The number of benzene rings is 2. The normalized spacial score (nSPS) is 10.5. The Bertz CT molecular complexity index is 754. The van der Waals surface area contributed by atoms with Crippen molar-refractivity contribution < 1.29 is 4.74 Å². The molecule has 1 aromatic heterocycles. The Kier molecular flexibility index (Phi) is 4.40. The quantitative estimate of drug-likeness (QED) is 0.611. The van der Waals surface area contributed by atoms with E-state index >= 15 is 0 Å². The third-order valence-corrected chi connectivity index (χ3v) is 3.60. The molecular weight excluding hydrogens is 294 g/mol. The minimum Gasteiger partial charge on any atom is -0.487 e. The Morgan fingerprint density at radius 3 is 2.36 bits per heavy atom. The number of rotatable bonds is 4. The molecule has 0 unspecified atom stereocenters. The summed E-state index contributed by atoms with van der Waals surface area (Å²) in [4.78, 5) is 4.43. The van der Waals surface area contributed by atoms with Gasteiger partial charge in [0.25, 0.3) is 0 Å². The Labute approximate surface area is 135 Å². The van der Waals surface area contributed by atoms with Gasteiger partial charge < -0.3 is 4.74 Å². The van der Waals surface area contributed by atoms with Crippen LogP contribution in [0.3, 0.4) is 0 Å². The van der Waals surface area contributed by atoms with Crippen LogP contribution in [0, 0.1) is 6.92 Å². The van der Waals surface area contributed by atoms with Gasteiger partial charge in [-0.25, -0.2) is 4.98 Å². The van der Waals surface area contributed by atoms with Crippen LogP contribution in [0.2, 0.25) is 5.15 Å². The van der Waals surface area contributed by atoms with Crippen LogP contribution in [-0.4, -0.2) is 4.98 Å². The molecule has 3 aromatic rings. The lowest BCUT2D eigenvalue weighted by atomic mass is 10.1. The molecule has 3 rings (SSSR count). The first kappa shape index (κ1) is 14.6. The van der Waals surface area contributed by atoms with Gasteiger partial charge in [-0.2, -0.15) is 0 Å². The maximum Gasteiger partial charge on any atom is 0.146 e. The van der Waals surface area contributed by atoms with E-state index in [1.807, 2.05) is 48.5 Å². The second-order valence-corrected chi connectivity index (χ2v) is 5.51. The van der Waals surface area contributed by atoms with E-state index in [1.165, 1.54) is 5.56 Å². The van der Waals surface area contributed by atoms with Crippen LogP contribution in [0.5, 0.6) is 5.75 Å². The Balaban J connectivity index is 1.89. The summed E-state index contributed by atoms with van der Waals surface area (Å²) in [5.74, 6) is 0.733. The summed E-state index contributed by atoms with van der Waals surface area (Å²) in [5, 5.41) is 0.461. The zero-order valence-electron chi connectivity index (χ0n) is 12.3. The lowest BCUT2D eigenvalue weighted by Gasteiger charge is -2.11. The summed E-state index contributed by atoms with van der Waals surface area (Å²) >= 11 is 6.05. The van der Waals surface area contributed by atoms with Crippen molar-refractivity contribution in [2.75, 3.05) is 0 Å². The fraction of sp³-hybridized carbons (Fsp3) is 0.105. The van der Waals surface area contributed by atoms with Crippen molar-refractivity contribution in [3.63, 3.8) is 0 Å². The molecular formula is C19H16ClNO. The fourth-order valence-corrected chi connectivity index (χ4v) is 2.34. The monoisotopic (exact) mass is 309 g/mol. The van der Waals surface area contributed by atoms with Crippen LogP contribution < -0.4 is 4.74 Å². The molecule has 110 valence electrons. The van der Waals surface area contributed by atoms with Crippen molar-refractivity contribution in [1.29, 1.82) is 0 Å². The highest BCUT2D eigenvalue weighted by atomic mass is 35.5. The first-order valence-electron chi connectivity index (χ1n) is 7.13. The maximum atomic E-state index is 6.05. The molecule has 0 N–H and O–H groups in total. The van der Waals surface area contributed by atoms with Gasteiger partial charge in [0.2, 0.25) is 0 Å². The molecule has 2 nitrogen and oxygen atoms in total. The van der Waals surface area contributed by atoms with Crippen molar-refractivity contribution in [2.45, 2.75) is 13.5 Å². The van der Waals surface area contributed by atoms with E-state index in [0.29, 0.717) is 11.8 Å². The van der Waals surface area contributed by atoms with Crippen LogP contribution in [0.4, 0.5) is 0 Å². The predicted molar refractivity (Wildman–Crippen MR) is 90.2 cm³/mol. The van der Waals surface area contributed by atoms with E-state index in [2.05, 4.69) is 24.0 Å². The number of pyridine rings is 1. The molecule has 3 heteroatoms. The summed E-state index contributed by atoms with van der Waals surface area (Å²) in [6, 6.07) is 21.9. The summed E-state index contributed by atoms with van der Waals surface area (Å²) in [6.07, 6.45) is 0. The molecule has 22 heavy (non-hydrogen) atoms. The highest BCUT2D eigenvalue weighted by molar-refractivity contribution is 6.29. The number of hydrogen-bond acceptors (Lipinski definition) is 2. The third kappa shape index (κ3) is 3.46. The molecule has 0 spiro atoms. The predicted octanol–water partition coefficient (Wildman–Crippen LogP) is 5.29. The highest BCUT2D eigenvalue weighted by Crippen LogP contribution is 2.30. The molecule has 1 heterocycles. The lowest BCUT2D eigenvalue weighted by Crippen LogP contribution is -1.98. The Morgan fingerprint density at radius 1 is 0.909 bits per heavy atom.